The highest BCUT2D eigenvalue weighted by Crippen LogP contribution is 2.21. The van der Waals surface area contributed by atoms with Crippen LogP contribution < -0.4 is 5.73 Å². The Labute approximate surface area is 72.8 Å². The van der Waals surface area contributed by atoms with Gasteiger partial charge in [-0.3, -0.25) is 4.99 Å². The quantitative estimate of drug-likeness (QED) is 0.494. The van der Waals surface area contributed by atoms with Crippen LogP contribution in [0.1, 0.15) is 13.3 Å². The van der Waals surface area contributed by atoms with Crippen molar-refractivity contribution >= 4 is 15.7 Å². The number of sulfone groups is 1. The molecule has 0 atom stereocenters. The van der Waals surface area contributed by atoms with Gasteiger partial charge in [0.05, 0.1) is 17.3 Å². The SMILES string of the molecule is CC(N)=NCCC1CS(=O)(=O)C1. The Morgan fingerprint density at radius 2 is 2.17 bits per heavy atom. The molecule has 12 heavy (non-hydrogen) atoms. The average Bonchev–Trinajstić information content (AvgIpc) is 1.82. The molecule has 4 nitrogen and oxygen atoms in total. The molecule has 0 saturated carbocycles. The monoisotopic (exact) mass is 190 g/mol. The van der Waals surface area contributed by atoms with Gasteiger partial charge in [0.1, 0.15) is 0 Å². The largest absolute Gasteiger partial charge is 0.388 e. The third kappa shape index (κ3) is 2.81. The van der Waals surface area contributed by atoms with E-state index in [1.807, 2.05) is 0 Å². The molecule has 1 aliphatic rings. The normalized spacial score (nSPS) is 23.6. The molecule has 1 fully saturated rings. The molecule has 0 aromatic rings. The summed E-state index contributed by atoms with van der Waals surface area (Å²) in [5, 5.41) is 0. The lowest BCUT2D eigenvalue weighted by Gasteiger charge is -2.24. The van der Waals surface area contributed by atoms with Crippen molar-refractivity contribution in [1.82, 2.24) is 0 Å². The van der Waals surface area contributed by atoms with Crippen LogP contribution in [0.25, 0.3) is 0 Å². The van der Waals surface area contributed by atoms with Gasteiger partial charge in [-0.05, 0) is 19.3 Å². The Balaban J connectivity index is 2.17. The zero-order chi connectivity index (χ0) is 9.19. The zero-order valence-corrected chi connectivity index (χ0v) is 7.97. The lowest BCUT2D eigenvalue weighted by molar-refractivity contribution is 0.503. The van der Waals surface area contributed by atoms with Gasteiger partial charge >= 0.3 is 0 Å². The van der Waals surface area contributed by atoms with Gasteiger partial charge in [-0.2, -0.15) is 0 Å². The molecule has 70 valence electrons. The van der Waals surface area contributed by atoms with Crippen molar-refractivity contribution in [3.05, 3.63) is 0 Å². The van der Waals surface area contributed by atoms with E-state index in [-0.39, 0.29) is 0 Å². The third-order valence-corrected chi connectivity index (χ3v) is 3.84. The van der Waals surface area contributed by atoms with Crippen molar-refractivity contribution in [3.8, 4) is 0 Å². The van der Waals surface area contributed by atoms with Crippen LogP contribution in [0.3, 0.4) is 0 Å². The summed E-state index contributed by atoms with van der Waals surface area (Å²) in [4.78, 5) is 3.99. The van der Waals surface area contributed by atoms with Crippen LogP contribution in [-0.2, 0) is 9.84 Å². The second kappa shape index (κ2) is 3.43. The predicted molar refractivity (Wildman–Crippen MR) is 48.9 cm³/mol. The van der Waals surface area contributed by atoms with Crippen LogP contribution in [0.4, 0.5) is 0 Å². The van der Waals surface area contributed by atoms with E-state index in [9.17, 15) is 8.42 Å². The second-order valence-electron chi connectivity index (χ2n) is 3.25. The first-order valence-electron chi connectivity index (χ1n) is 3.96. The van der Waals surface area contributed by atoms with Gasteiger partial charge in [-0.25, -0.2) is 8.42 Å². The summed E-state index contributed by atoms with van der Waals surface area (Å²) in [6, 6.07) is 0. The number of nitrogens with zero attached hydrogens (tertiary/aromatic N) is 1. The topological polar surface area (TPSA) is 72.5 Å². The molecular weight excluding hydrogens is 176 g/mol. The Morgan fingerprint density at radius 1 is 1.58 bits per heavy atom. The molecule has 1 saturated heterocycles. The lowest BCUT2D eigenvalue weighted by atomic mass is 10.1. The molecular formula is C7H14N2O2S. The zero-order valence-electron chi connectivity index (χ0n) is 7.16. The molecule has 1 rings (SSSR count). The van der Waals surface area contributed by atoms with E-state index in [4.69, 9.17) is 5.73 Å². The van der Waals surface area contributed by atoms with Crippen LogP contribution in [0, 0.1) is 5.92 Å². The van der Waals surface area contributed by atoms with E-state index in [0.29, 0.717) is 29.8 Å². The first-order valence-corrected chi connectivity index (χ1v) is 5.79. The molecule has 0 bridgehead atoms. The number of nitrogens with two attached hydrogens (primary N) is 1. The molecule has 0 amide bonds. The van der Waals surface area contributed by atoms with Crippen molar-refractivity contribution in [2.24, 2.45) is 16.6 Å². The first kappa shape index (κ1) is 9.51. The Kier molecular flexibility index (Phi) is 2.72. The van der Waals surface area contributed by atoms with Crippen molar-refractivity contribution in [2.75, 3.05) is 18.1 Å². The smallest absolute Gasteiger partial charge is 0.150 e. The van der Waals surface area contributed by atoms with E-state index in [1.54, 1.807) is 6.92 Å². The van der Waals surface area contributed by atoms with Gasteiger partial charge in [0.2, 0.25) is 0 Å². The highest BCUT2D eigenvalue weighted by Gasteiger charge is 2.32. The second-order valence-corrected chi connectivity index (χ2v) is 5.41. The Hall–Kier alpha value is -0.580. The highest BCUT2D eigenvalue weighted by molar-refractivity contribution is 7.92. The average molecular weight is 190 g/mol. The number of aliphatic imine (C=N–C) groups is 1. The minimum absolute atomic E-state index is 0.318. The van der Waals surface area contributed by atoms with E-state index in [1.165, 1.54) is 0 Å². The van der Waals surface area contributed by atoms with Crippen molar-refractivity contribution in [1.29, 1.82) is 0 Å². The molecule has 0 aromatic heterocycles. The fourth-order valence-electron chi connectivity index (χ4n) is 1.26. The third-order valence-electron chi connectivity index (χ3n) is 1.88. The van der Waals surface area contributed by atoms with Gasteiger partial charge in [0, 0.05) is 6.54 Å². The van der Waals surface area contributed by atoms with Gasteiger partial charge in [0.25, 0.3) is 0 Å². The Morgan fingerprint density at radius 3 is 2.58 bits per heavy atom. The van der Waals surface area contributed by atoms with Gasteiger partial charge in [-0.15, -0.1) is 0 Å². The predicted octanol–water partition coefficient (Wildman–Crippen LogP) is -0.202. The summed E-state index contributed by atoms with van der Waals surface area (Å²) < 4.78 is 21.5. The molecule has 0 aromatic carbocycles. The minimum Gasteiger partial charge on any atom is -0.388 e. The highest BCUT2D eigenvalue weighted by atomic mass is 32.2. The minimum atomic E-state index is -2.66. The number of rotatable bonds is 3. The van der Waals surface area contributed by atoms with E-state index in [0.717, 1.165) is 6.42 Å². The number of amidine groups is 1. The van der Waals surface area contributed by atoms with Crippen LogP contribution in [0.15, 0.2) is 4.99 Å². The molecule has 0 radical (unpaired) electrons. The van der Waals surface area contributed by atoms with Crippen LogP contribution in [0.2, 0.25) is 0 Å². The standard InChI is InChI=1S/C7H14N2O2S/c1-6(8)9-3-2-7-4-12(10,11)5-7/h7H,2-5H2,1H3,(H2,8,9). The van der Waals surface area contributed by atoms with Gasteiger partial charge in [-0.1, -0.05) is 0 Å². The summed E-state index contributed by atoms with van der Waals surface area (Å²) in [6.45, 7) is 2.39. The summed E-state index contributed by atoms with van der Waals surface area (Å²) in [6.07, 6.45) is 0.841. The maximum Gasteiger partial charge on any atom is 0.150 e. The molecule has 0 unspecified atom stereocenters. The molecule has 1 aliphatic heterocycles. The first-order chi connectivity index (χ1) is 5.49. The van der Waals surface area contributed by atoms with Crippen LogP contribution >= 0.6 is 0 Å². The maximum absolute atomic E-state index is 10.7. The fraction of sp³-hybridized carbons (Fsp3) is 0.857. The molecule has 5 heteroatoms. The van der Waals surface area contributed by atoms with Gasteiger partial charge < -0.3 is 5.73 Å². The summed E-state index contributed by atoms with van der Waals surface area (Å²) >= 11 is 0. The maximum atomic E-state index is 10.7. The van der Waals surface area contributed by atoms with Crippen molar-refractivity contribution in [2.45, 2.75) is 13.3 Å². The number of hydrogen-bond acceptors (Lipinski definition) is 3. The molecule has 0 spiro atoms. The Bertz CT molecular complexity index is 266. The molecule has 0 aliphatic carbocycles. The van der Waals surface area contributed by atoms with E-state index < -0.39 is 9.84 Å². The van der Waals surface area contributed by atoms with Gasteiger partial charge in [0.15, 0.2) is 9.84 Å². The fourth-order valence-corrected chi connectivity index (χ4v) is 2.93. The van der Waals surface area contributed by atoms with Crippen molar-refractivity contribution in [3.63, 3.8) is 0 Å². The van der Waals surface area contributed by atoms with E-state index >= 15 is 0 Å². The molecule has 1 heterocycles. The van der Waals surface area contributed by atoms with Crippen molar-refractivity contribution < 1.29 is 8.42 Å². The van der Waals surface area contributed by atoms with Crippen LogP contribution in [0.5, 0.6) is 0 Å². The molecule has 2 N–H and O–H groups in total. The summed E-state index contributed by atoms with van der Waals surface area (Å²) in [5.74, 6) is 1.56. The van der Waals surface area contributed by atoms with Crippen LogP contribution in [-0.4, -0.2) is 32.3 Å². The number of hydrogen-bond donors (Lipinski definition) is 1. The van der Waals surface area contributed by atoms with E-state index in [2.05, 4.69) is 4.99 Å². The lowest BCUT2D eigenvalue weighted by Crippen LogP contribution is -2.36. The summed E-state index contributed by atoms with van der Waals surface area (Å²) in [5.41, 5.74) is 5.32. The summed E-state index contributed by atoms with van der Waals surface area (Å²) in [7, 11) is -2.66.